The summed E-state index contributed by atoms with van der Waals surface area (Å²) in [6.45, 7) is 0. The first-order chi connectivity index (χ1) is 0. The molecule has 0 amide bonds. The summed E-state index contributed by atoms with van der Waals surface area (Å²) in [6.07, 6.45) is 0. The molecule has 5 heavy (non-hydrogen) atoms. The van der Waals surface area contributed by atoms with E-state index in [4.69, 9.17) is 0 Å². The average molecular weight is 113 g/mol. The minimum atomic E-state index is 0. The van der Waals surface area contributed by atoms with Gasteiger partial charge in [0.05, 0.1) is 12.4 Å². The van der Waals surface area contributed by atoms with Gasteiger partial charge in [-0.15, -0.1) is 0 Å². The standard InChI is InChI=1S/ClH2.Mg.3H2O/h1H2;;3*1H2/q+1;+2;;;/p-3. The zero-order chi connectivity index (χ0) is 0. The maximum Gasteiger partial charge on any atom is 2.00 e. The SMILES string of the molecule is [ClH2+].[Mg+2].[OH-].[OH-].[OH-]. The molecule has 0 aromatic heterocycles. The van der Waals surface area contributed by atoms with Gasteiger partial charge in [-0.2, -0.15) is 0 Å². The fourth-order valence-electron chi connectivity index (χ4n) is 0. The second kappa shape index (κ2) is 87.3. The third kappa shape index (κ3) is 48.6. The van der Waals surface area contributed by atoms with Crippen LogP contribution in [-0.4, -0.2) is 39.5 Å². The van der Waals surface area contributed by atoms with Crippen molar-refractivity contribution in [2.45, 2.75) is 0 Å². The van der Waals surface area contributed by atoms with E-state index in [1.165, 1.54) is 0 Å². The van der Waals surface area contributed by atoms with E-state index in [1.54, 1.807) is 0 Å². The molecular weight excluding hydrogens is 108 g/mol. The number of hydrogen-bond acceptors (Lipinski definition) is 3. The summed E-state index contributed by atoms with van der Waals surface area (Å²) in [6, 6.07) is 0. The van der Waals surface area contributed by atoms with E-state index in [1.807, 2.05) is 0 Å². The zero-order valence-corrected chi connectivity index (χ0v) is 4.80. The Hall–Kier alpha value is 0.936. The first-order valence-corrected chi connectivity index (χ1v) is 0. The van der Waals surface area contributed by atoms with Gasteiger partial charge in [0, 0.05) is 0 Å². The Morgan fingerprint density at radius 3 is 0.600 bits per heavy atom. The molecule has 0 aliphatic rings. The minimum absolute atomic E-state index is 0. The maximum absolute atomic E-state index is 0. The van der Waals surface area contributed by atoms with Gasteiger partial charge in [0.15, 0.2) is 0 Å². The van der Waals surface area contributed by atoms with E-state index < -0.39 is 0 Å². The third-order valence-electron chi connectivity index (χ3n) is 0. The molecule has 32 valence electrons. The Morgan fingerprint density at radius 1 is 0.600 bits per heavy atom. The monoisotopic (exact) mass is 112 g/mol. The van der Waals surface area contributed by atoms with Crippen molar-refractivity contribution in [3.8, 4) is 0 Å². The first-order valence-electron chi connectivity index (χ1n) is 0. The van der Waals surface area contributed by atoms with Crippen molar-refractivity contribution in [1.29, 1.82) is 0 Å². The summed E-state index contributed by atoms with van der Waals surface area (Å²) in [5.41, 5.74) is 0. The van der Waals surface area contributed by atoms with Gasteiger partial charge in [-0.1, -0.05) is 0 Å². The number of hydrogen-bond donors (Lipinski definition) is 0. The molecule has 0 aliphatic carbocycles. The van der Waals surface area contributed by atoms with Crippen LogP contribution in [0.1, 0.15) is 0 Å². The van der Waals surface area contributed by atoms with Crippen molar-refractivity contribution in [2.75, 3.05) is 0 Å². The maximum atomic E-state index is 0. The van der Waals surface area contributed by atoms with Crippen LogP contribution < -0.4 is 0 Å². The molecule has 3 N–H and O–H groups in total. The molecule has 0 aromatic rings. The van der Waals surface area contributed by atoms with Crippen LogP contribution in [0.15, 0.2) is 0 Å². The Balaban J connectivity index is 0. The van der Waals surface area contributed by atoms with Crippen LogP contribution in [0.4, 0.5) is 0 Å². The van der Waals surface area contributed by atoms with E-state index >= 15 is 0 Å². The number of rotatable bonds is 0. The van der Waals surface area contributed by atoms with E-state index in [9.17, 15) is 0 Å². The molecule has 0 saturated heterocycles. The van der Waals surface area contributed by atoms with Gasteiger partial charge in [0.2, 0.25) is 0 Å². The molecule has 0 unspecified atom stereocenters. The molecule has 0 fully saturated rings. The molecule has 3 nitrogen and oxygen atoms in total. The van der Waals surface area contributed by atoms with Gasteiger partial charge in [0.1, 0.15) is 0 Å². The van der Waals surface area contributed by atoms with Gasteiger partial charge in [-0.3, -0.25) is 0 Å². The summed E-state index contributed by atoms with van der Waals surface area (Å²) in [5.74, 6) is 0. The first kappa shape index (κ1) is 165. The fourth-order valence-corrected chi connectivity index (χ4v) is 0. The van der Waals surface area contributed by atoms with E-state index in [0.717, 1.165) is 0 Å². The van der Waals surface area contributed by atoms with Crippen LogP contribution in [0.3, 0.4) is 0 Å². The topological polar surface area (TPSA) is 90.0 Å². The van der Waals surface area contributed by atoms with Crippen LogP contribution in [0.25, 0.3) is 0 Å². The largest absolute Gasteiger partial charge is 2.00 e. The van der Waals surface area contributed by atoms with Crippen molar-refractivity contribution >= 4 is 23.1 Å². The third-order valence-corrected chi connectivity index (χ3v) is 0. The van der Waals surface area contributed by atoms with Crippen molar-refractivity contribution < 1.29 is 28.8 Å². The fraction of sp³-hybridized carbons (Fsp3) is 0. The van der Waals surface area contributed by atoms with Gasteiger partial charge in [0.25, 0.3) is 0 Å². The van der Waals surface area contributed by atoms with Crippen LogP contribution in [0.2, 0.25) is 0 Å². The molecule has 0 aromatic carbocycles. The Morgan fingerprint density at radius 2 is 0.600 bits per heavy atom. The molecule has 0 bridgehead atoms. The van der Waals surface area contributed by atoms with Crippen molar-refractivity contribution in [3.05, 3.63) is 0 Å². The molecule has 0 heterocycles. The van der Waals surface area contributed by atoms with Gasteiger partial charge >= 0.3 is 23.1 Å². The number of halogens is 1. The predicted octanol–water partition coefficient (Wildman–Crippen LogP) is -1.45. The van der Waals surface area contributed by atoms with Crippen LogP contribution in [-0.2, 0) is 0 Å². The van der Waals surface area contributed by atoms with Crippen LogP contribution >= 0.6 is 0 Å². The molecule has 5 heteroatoms. The summed E-state index contributed by atoms with van der Waals surface area (Å²) in [7, 11) is 0. The molecule has 0 aliphatic heterocycles. The summed E-state index contributed by atoms with van der Waals surface area (Å²) in [5, 5.41) is 0. The molecule has 0 saturated carbocycles. The zero-order valence-electron chi connectivity index (χ0n) is 2.50. The van der Waals surface area contributed by atoms with Gasteiger partial charge in [-0.25, -0.2) is 0 Å². The molecular formula is H5ClMgO3. The second-order valence-electron chi connectivity index (χ2n) is 0. The quantitative estimate of drug-likeness (QED) is 0.360. The molecule has 0 rings (SSSR count). The second-order valence-corrected chi connectivity index (χ2v) is 0. The van der Waals surface area contributed by atoms with Crippen molar-refractivity contribution in [2.24, 2.45) is 0 Å². The summed E-state index contributed by atoms with van der Waals surface area (Å²) < 4.78 is 0. The van der Waals surface area contributed by atoms with Crippen molar-refractivity contribution in [3.63, 3.8) is 0 Å². The Labute approximate surface area is 52.2 Å². The molecule has 0 radical (unpaired) electrons. The average Bonchev–Trinajstić information content (AvgIpc) is 0. The van der Waals surface area contributed by atoms with E-state index in [2.05, 4.69) is 0 Å². The normalized spacial score (nSPS) is 0. The minimum Gasteiger partial charge on any atom is -0.870 e. The summed E-state index contributed by atoms with van der Waals surface area (Å²) >= 11 is 0. The van der Waals surface area contributed by atoms with Gasteiger partial charge < -0.3 is 16.4 Å². The Bertz CT molecular complexity index is 6.85. The predicted molar refractivity (Wildman–Crippen MR) is 14.4 cm³/mol. The van der Waals surface area contributed by atoms with Crippen molar-refractivity contribution in [1.82, 2.24) is 0 Å². The molecule has 0 spiro atoms. The van der Waals surface area contributed by atoms with E-state index in [0.29, 0.717) is 0 Å². The molecule has 0 atom stereocenters. The van der Waals surface area contributed by atoms with Crippen LogP contribution in [0, 0.1) is 12.4 Å². The Kier molecular flexibility index (Phi) is 2880. The smallest absolute Gasteiger partial charge is 0.870 e. The van der Waals surface area contributed by atoms with Gasteiger partial charge in [-0.05, 0) is 0 Å². The van der Waals surface area contributed by atoms with E-state index in [-0.39, 0.29) is 51.9 Å². The van der Waals surface area contributed by atoms with Crippen LogP contribution in [0.5, 0.6) is 0 Å². The summed E-state index contributed by atoms with van der Waals surface area (Å²) in [4.78, 5) is 0.